The van der Waals surface area contributed by atoms with Crippen LogP contribution >= 0.6 is 0 Å². The molecule has 0 radical (unpaired) electrons. The predicted molar refractivity (Wildman–Crippen MR) is 99.7 cm³/mol. The minimum Gasteiger partial charge on any atom is -0.387 e. The second-order valence-corrected chi connectivity index (χ2v) is 7.94. The van der Waals surface area contributed by atoms with Crippen LogP contribution in [0.4, 0.5) is 5.95 Å². The largest absolute Gasteiger partial charge is 0.387 e. The number of nitrogen functional groups attached to an aromatic ring is 1. The fraction of sp³-hybridized carbons (Fsp3) is 0.421. The van der Waals surface area contributed by atoms with Gasteiger partial charge in [-0.25, -0.2) is 4.98 Å². The van der Waals surface area contributed by atoms with Crippen LogP contribution in [-0.4, -0.2) is 54.1 Å². The molecular formula is C19H19N5O5. The van der Waals surface area contributed by atoms with Crippen molar-refractivity contribution in [2.75, 3.05) is 12.3 Å². The first kappa shape index (κ1) is 17.1. The number of hydrogen-bond acceptors (Lipinski definition) is 8. The highest BCUT2D eigenvalue weighted by molar-refractivity contribution is 5.71. The molecule has 5 atom stereocenters. The van der Waals surface area contributed by atoms with Gasteiger partial charge in [-0.1, -0.05) is 30.3 Å². The van der Waals surface area contributed by atoms with Crippen LogP contribution < -0.4 is 11.3 Å². The maximum absolute atomic E-state index is 12.1. The summed E-state index contributed by atoms with van der Waals surface area (Å²) in [5.74, 6) is -0.0168. The molecule has 1 unspecified atom stereocenters. The molecular weight excluding hydrogens is 378 g/mol. The lowest BCUT2D eigenvalue weighted by molar-refractivity contribution is -0.243. The molecule has 0 spiro atoms. The van der Waals surface area contributed by atoms with Gasteiger partial charge in [-0.3, -0.25) is 14.3 Å². The number of nitrogens with zero attached hydrogens (tertiary/aromatic N) is 3. The highest BCUT2D eigenvalue weighted by atomic mass is 16.7. The summed E-state index contributed by atoms with van der Waals surface area (Å²) in [6.45, 7) is 2.37. The number of imidazole rings is 1. The number of H-pyrrole nitrogens is 1. The summed E-state index contributed by atoms with van der Waals surface area (Å²) in [5, 5.41) is 10.8. The van der Waals surface area contributed by atoms with E-state index in [4.69, 9.17) is 19.9 Å². The van der Waals surface area contributed by atoms with E-state index in [0.717, 1.165) is 5.56 Å². The van der Waals surface area contributed by atoms with E-state index in [9.17, 15) is 9.90 Å². The summed E-state index contributed by atoms with van der Waals surface area (Å²) in [7, 11) is 0. The number of ether oxygens (including phenoxy) is 3. The summed E-state index contributed by atoms with van der Waals surface area (Å²) < 4.78 is 20.3. The zero-order valence-corrected chi connectivity index (χ0v) is 15.5. The molecule has 10 nitrogen and oxygen atoms in total. The number of aliphatic hydroxyl groups is 1. The average molecular weight is 397 g/mol. The number of rotatable bonds is 4. The SMILES string of the molecule is C[C@]12OC[C@@]3(O[C@H]1n1cnc4c(=O)[nH]c(N)nc41)C(O)[C@]23OCc1ccccc1. The quantitative estimate of drug-likeness (QED) is 0.563. The Morgan fingerprint density at radius 2 is 2.21 bits per heavy atom. The Hall–Kier alpha value is -2.79. The van der Waals surface area contributed by atoms with Crippen molar-refractivity contribution in [3.05, 3.63) is 52.6 Å². The van der Waals surface area contributed by atoms with Crippen LogP contribution in [0.2, 0.25) is 0 Å². The Labute approximate surface area is 164 Å². The van der Waals surface area contributed by atoms with Gasteiger partial charge in [0, 0.05) is 0 Å². The predicted octanol–water partition coefficient (Wildman–Crippen LogP) is 0.0884. The first-order valence-electron chi connectivity index (χ1n) is 9.33. The smallest absolute Gasteiger partial charge is 0.280 e. The minimum absolute atomic E-state index is 0.0168. The molecule has 1 aliphatic carbocycles. The third-order valence-corrected chi connectivity index (χ3v) is 6.50. The maximum Gasteiger partial charge on any atom is 0.280 e. The molecule has 4 N–H and O–H groups in total. The van der Waals surface area contributed by atoms with Crippen LogP contribution in [0.15, 0.2) is 41.5 Å². The molecule has 2 saturated heterocycles. The number of nitrogens with one attached hydrogen (secondary N) is 1. The lowest BCUT2D eigenvalue weighted by Crippen LogP contribution is -2.51. The molecule has 3 aromatic rings. The van der Waals surface area contributed by atoms with Gasteiger partial charge >= 0.3 is 0 Å². The fourth-order valence-corrected chi connectivity index (χ4v) is 5.01. The number of benzene rings is 1. The van der Waals surface area contributed by atoms with Gasteiger partial charge in [-0.2, -0.15) is 4.98 Å². The molecule has 2 bridgehead atoms. The number of aromatic amines is 1. The number of aromatic nitrogens is 4. The van der Waals surface area contributed by atoms with Crippen molar-refractivity contribution in [1.29, 1.82) is 0 Å². The monoisotopic (exact) mass is 397 g/mol. The molecule has 150 valence electrons. The van der Waals surface area contributed by atoms with Crippen molar-refractivity contribution >= 4 is 17.1 Å². The molecule has 2 aliphatic heterocycles. The Morgan fingerprint density at radius 3 is 3.00 bits per heavy atom. The first-order chi connectivity index (χ1) is 13.9. The lowest BCUT2D eigenvalue weighted by Gasteiger charge is -2.39. The van der Waals surface area contributed by atoms with E-state index >= 15 is 0 Å². The normalized spacial score (nSPS) is 37.2. The van der Waals surface area contributed by atoms with Crippen molar-refractivity contribution in [2.24, 2.45) is 0 Å². The highest BCUT2D eigenvalue weighted by Gasteiger charge is 2.97. The lowest BCUT2D eigenvalue weighted by atomic mass is 9.94. The van der Waals surface area contributed by atoms with Crippen LogP contribution in [0.25, 0.3) is 11.2 Å². The Kier molecular flexibility index (Phi) is 3.08. The third-order valence-electron chi connectivity index (χ3n) is 6.50. The van der Waals surface area contributed by atoms with Crippen molar-refractivity contribution < 1.29 is 19.3 Å². The molecule has 29 heavy (non-hydrogen) atoms. The van der Waals surface area contributed by atoms with Gasteiger partial charge in [-0.15, -0.1) is 0 Å². The molecule has 1 saturated carbocycles. The summed E-state index contributed by atoms with van der Waals surface area (Å²) in [4.78, 5) is 22.9. The van der Waals surface area contributed by atoms with Gasteiger partial charge in [-0.05, 0) is 12.5 Å². The van der Waals surface area contributed by atoms with Gasteiger partial charge in [0.15, 0.2) is 28.6 Å². The zero-order chi connectivity index (χ0) is 20.0. The molecule has 0 amide bonds. The number of hydrogen-bond donors (Lipinski definition) is 3. The van der Waals surface area contributed by atoms with E-state index < -0.39 is 34.7 Å². The topological polar surface area (TPSA) is 138 Å². The van der Waals surface area contributed by atoms with E-state index in [2.05, 4.69) is 15.0 Å². The summed E-state index contributed by atoms with van der Waals surface area (Å²) in [5.41, 5.74) is 3.71. The Balaban J connectivity index is 1.41. The summed E-state index contributed by atoms with van der Waals surface area (Å²) >= 11 is 0. The number of fused-ring (bicyclic) bond motifs is 1. The molecule has 4 heterocycles. The fourth-order valence-electron chi connectivity index (χ4n) is 5.01. The van der Waals surface area contributed by atoms with Gasteiger partial charge in [0.1, 0.15) is 11.7 Å². The van der Waals surface area contributed by atoms with E-state index in [0.29, 0.717) is 6.61 Å². The van der Waals surface area contributed by atoms with Crippen molar-refractivity contribution in [2.45, 2.75) is 42.7 Å². The molecule has 2 aromatic heterocycles. The summed E-state index contributed by atoms with van der Waals surface area (Å²) in [6.07, 6.45) is -0.0290. The van der Waals surface area contributed by atoms with Crippen LogP contribution in [-0.2, 0) is 20.8 Å². The number of anilines is 1. The Bertz CT molecular complexity index is 1190. The molecule has 1 aromatic carbocycles. The van der Waals surface area contributed by atoms with Gasteiger partial charge in [0.2, 0.25) is 5.95 Å². The standard InChI is InChI=1S/C19H19N5O5/c1-17-15(24-9-21-11-12(24)22-16(20)23-13(11)25)29-18(8-28-17)14(26)19(17,18)27-7-10-5-3-2-4-6-10/h2-6,9,14-15,26H,7-8H2,1H3,(H3,20,22,23,25)/t14?,15-,17+,18-,19+/m1/s1. The third kappa shape index (κ3) is 1.83. The molecule has 3 fully saturated rings. The molecule has 6 rings (SSSR count). The minimum atomic E-state index is -1.02. The van der Waals surface area contributed by atoms with E-state index in [1.54, 1.807) is 4.57 Å². The number of aliphatic hydroxyl groups excluding tert-OH is 1. The second-order valence-electron chi connectivity index (χ2n) is 7.94. The summed E-state index contributed by atoms with van der Waals surface area (Å²) in [6, 6.07) is 9.71. The molecule has 10 heteroatoms. The number of nitrogens with two attached hydrogens (primary N) is 1. The van der Waals surface area contributed by atoms with Crippen molar-refractivity contribution in [3.63, 3.8) is 0 Å². The zero-order valence-electron chi connectivity index (χ0n) is 15.5. The Morgan fingerprint density at radius 1 is 1.41 bits per heavy atom. The van der Waals surface area contributed by atoms with Crippen LogP contribution in [0.3, 0.4) is 0 Å². The highest BCUT2D eigenvalue weighted by Crippen LogP contribution is 2.74. The van der Waals surface area contributed by atoms with Gasteiger partial charge in [0.25, 0.3) is 5.56 Å². The average Bonchev–Trinajstić information content (AvgIpc) is 3.03. The van der Waals surface area contributed by atoms with Crippen LogP contribution in [0.1, 0.15) is 18.7 Å². The van der Waals surface area contributed by atoms with Crippen LogP contribution in [0.5, 0.6) is 0 Å². The van der Waals surface area contributed by atoms with Gasteiger partial charge in [0.05, 0.1) is 19.5 Å². The van der Waals surface area contributed by atoms with Crippen LogP contribution in [0, 0.1) is 0 Å². The van der Waals surface area contributed by atoms with Gasteiger partial charge < -0.3 is 25.1 Å². The maximum atomic E-state index is 12.1. The van der Waals surface area contributed by atoms with Crippen molar-refractivity contribution in [1.82, 2.24) is 19.5 Å². The van der Waals surface area contributed by atoms with E-state index in [-0.39, 0.29) is 23.7 Å². The van der Waals surface area contributed by atoms with Crippen molar-refractivity contribution in [3.8, 4) is 0 Å². The van der Waals surface area contributed by atoms with E-state index in [1.807, 2.05) is 37.3 Å². The second kappa shape index (κ2) is 5.22. The first-order valence-corrected chi connectivity index (χ1v) is 9.33. The van der Waals surface area contributed by atoms with E-state index in [1.165, 1.54) is 6.33 Å². The molecule has 3 aliphatic rings.